The van der Waals surface area contributed by atoms with Crippen LogP contribution < -0.4 is 15.4 Å². The van der Waals surface area contributed by atoms with Gasteiger partial charge >= 0.3 is 12.0 Å². The first-order valence-electron chi connectivity index (χ1n) is 6.22. The zero-order valence-corrected chi connectivity index (χ0v) is 11.6. The molecule has 1 aromatic carbocycles. The molecule has 0 saturated carbocycles. The largest absolute Gasteiger partial charge is 0.491 e. The molecule has 0 aliphatic heterocycles. The summed E-state index contributed by atoms with van der Waals surface area (Å²) in [5, 5.41) is 13.3. The number of carbonyl (C=O) groups is 2. The summed E-state index contributed by atoms with van der Waals surface area (Å²) < 4.78 is 31.4. The molecule has 0 aromatic heterocycles. The minimum absolute atomic E-state index is 0.149. The van der Waals surface area contributed by atoms with Crippen molar-refractivity contribution in [2.45, 2.75) is 25.8 Å². The second-order valence-electron chi connectivity index (χ2n) is 4.25. The number of urea groups is 1. The van der Waals surface area contributed by atoms with Crippen LogP contribution in [0.3, 0.4) is 0 Å². The van der Waals surface area contributed by atoms with E-state index in [2.05, 4.69) is 15.4 Å². The van der Waals surface area contributed by atoms with Gasteiger partial charge in [0.1, 0.15) is 6.04 Å². The highest BCUT2D eigenvalue weighted by atomic mass is 19.1. The van der Waals surface area contributed by atoms with Crippen LogP contribution in [0.4, 0.5) is 19.3 Å². The lowest BCUT2D eigenvalue weighted by molar-refractivity contribution is -0.139. The molecule has 0 saturated heterocycles. The molecule has 21 heavy (non-hydrogen) atoms. The molecule has 0 aliphatic carbocycles. The number of aliphatic carboxylic acids is 1. The van der Waals surface area contributed by atoms with E-state index in [4.69, 9.17) is 5.11 Å². The van der Waals surface area contributed by atoms with Crippen molar-refractivity contribution in [2.75, 3.05) is 12.4 Å². The Kier molecular flexibility index (Phi) is 5.89. The van der Waals surface area contributed by atoms with Crippen LogP contribution in [-0.2, 0) is 4.79 Å². The van der Waals surface area contributed by atoms with E-state index in [1.54, 1.807) is 6.92 Å². The molecule has 0 spiro atoms. The number of hydrogen-bond donors (Lipinski definition) is 3. The fraction of sp³-hybridized carbons (Fsp3) is 0.385. The van der Waals surface area contributed by atoms with Crippen molar-refractivity contribution in [1.29, 1.82) is 0 Å². The third-order valence-corrected chi connectivity index (χ3v) is 2.64. The van der Waals surface area contributed by atoms with Gasteiger partial charge in [0.05, 0.1) is 7.11 Å². The number of anilines is 1. The lowest BCUT2D eigenvalue weighted by Crippen LogP contribution is -2.42. The summed E-state index contributed by atoms with van der Waals surface area (Å²) >= 11 is 0. The first-order valence-corrected chi connectivity index (χ1v) is 6.22. The van der Waals surface area contributed by atoms with Gasteiger partial charge in [0.15, 0.2) is 17.4 Å². The van der Waals surface area contributed by atoms with Crippen molar-refractivity contribution in [3.05, 3.63) is 23.8 Å². The number of hydrogen-bond acceptors (Lipinski definition) is 3. The summed E-state index contributed by atoms with van der Waals surface area (Å²) in [6.45, 7) is 1.77. The highest BCUT2D eigenvalue weighted by molar-refractivity contribution is 5.92. The van der Waals surface area contributed by atoms with Gasteiger partial charge in [0.25, 0.3) is 0 Å². The van der Waals surface area contributed by atoms with Crippen molar-refractivity contribution < 1.29 is 28.2 Å². The Morgan fingerprint density at radius 1 is 1.33 bits per heavy atom. The Labute approximate surface area is 120 Å². The molecule has 6 nitrogen and oxygen atoms in total. The number of methoxy groups -OCH3 is 1. The van der Waals surface area contributed by atoms with Gasteiger partial charge < -0.3 is 20.5 Å². The lowest BCUT2D eigenvalue weighted by Gasteiger charge is -2.14. The van der Waals surface area contributed by atoms with Crippen LogP contribution in [0.1, 0.15) is 19.8 Å². The number of ether oxygens (including phenoxy) is 1. The minimum Gasteiger partial charge on any atom is -0.491 e. The van der Waals surface area contributed by atoms with E-state index in [1.165, 1.54) is 0 Å². The summed E-state index contributed by atoms with van der Waals surface area (Å²) in [5.74, 6) is -3.69. The number of carboxylic acid groups (broad SMARTS) is 1. The summed E-state index contributed by atoms with van der Waals surface area (Å²) in [5.41, 5.74) is -0.149. The first kappa shape index (κ1) is 16.7. The van der Waals surface area contributed by atoms with Crippen LogP contribution in [0.15, 0.2) is 12.1 Å². The third-order valence-electron chi connectivity index (χ3n) is 2.64. The van der Waals surface area contributed by atoms with Gasteiger partial charge in [0, 0.05) is 17.8 Å². The van der Waals surface area contributed by atoms with Gasteiger partial charge in [-0.2, -0.15) is 0 Å². The number of carbonyl (C=O) groups excluding carboxylic acids is 1. The average Bonchev–Trinajstić information content (AvgIpc) is 2.37. The molecule has 0 aliphatic rings. The molecular weight excluding hydrogens is 286 g/mol. The maximum Gasteiger partial charge on any atom is 0.326 e. The molecule has 1 rings (SSSR count). The first-order chi connectivity index (χ1) is 9.88. The SMILES string of the molecule is CCCC(NC(=O)Nc1cc(F)c(OC)c(F)c1)C(=O)O. The van der Waals surface area contributed by atoms with Gasteiger partial charge in [-0.1, -0.05) is 13.3 Å². The van der Waals surface area contributed by atoms with Crippen molar-refractivity contribution in [3.8, 4) is 5.75 Å². The van der Waals surface area contributed by atoms with Gasteiger partial charge in [-0.25, -0.2) is 18.4 Å². The Morgan fingerprint density at radius 3 is 2.33 bits per heavy atom. The zero-order chi connectivity index (χ0) is 16.0. The molecule has 0 fully saturated rings. The molecule has 116 valence electrons. The Bertz CT molecular complexity index is 514. The van der Waals surface area contributed by atoms with Crippen molar-refractivity contribution in [2.24, 2.45) is 0 Å². The van der Waals surface area contributed by atoms with E-state index >= 15 is 0 Å². The minimum atomic E-state index is -1.18. The number of benzene rings is 1. The maximum atomic E-state index is 13.4. The molecule has 1 unspecified atom stereocenters. The Morgan fingerprint density at radius 2 is 1.90 bits per heavy atom. The van der Waals surface area contributed by atoms with Crippen molar-refractivity contribution >= 4 is 17.7 Å². The molecule has 0 radical (unpaired) electrons. The van der Waals surface area contributed by atoms with E-state index in [9.17, 15) is 18.4 Å². The Balaban J connectivity index is 2.77. The monoisotopic (exact) mass is 302 g/mol. The topological polar surface area (TPSA) is 87.7 Å². The quantitative estimate of drug-likeness (QED) is 0.752. The molecule has 1 aromatic rings. The normalized spacial score (nSPS) is 11.6. The molecule has 3 N–H and O–H groups in total. The van der Waals surface area contributed by atoms with Gasteiger partial charge in [-0.15, -0.1) is 0 Å². The smallest absolute Gasteiger partial charge is 0.326 e. The predicted octanol–water partition coefficient (Wildman–Crippen LogP) is 2.35. The van der Waals surface area contributed by atoms with Gasteiger partial charge in [-0.3, -0.25) is 0 Å². The Hall–Kier alpha value is -2.38. The van der Waals surface area contributed by atoms with Crippen molar-refractivity contribution in [3.63, 3.8) is 0 Å². The fourth-order valence-electron chi connectivity index (χ4n) is 1.70. The van der Waals surface area contributed by atoms with Gasteiger partial charge in [0.2, 0.25) is 0 Å². The van der Waals surface area contributed by atoms with Crippen LogP contribution >= 0.6 is 0 Å². The molecule has 0 heterocycles. The van der Waals surface area contributed by atoms with E-state index in [1.807, 2.05) is 0 Å². The third kappa shape index (κ3) is 4.59. The van der Waals surface area contributed by atoms with E-state index in [0.29, 0.717) is 6.42 Å². The number of amides is 2. The van der Waals surface area contributed by atoms with Gasteiger partial charge in [-0.05, 0) is 6.42 Å². The number of halogens is 2. The summed E-state index contributed by atoms with van der Waals surface area (Å²) in [4.78, 5) is 22.5. The lowest BCUT2D eigenvalue weighted by atomic mass is 10.2. The van der Waals surface area contributed by atoms with E-state index < -0.39 is 35.4 Å². The molecule has 1 atom stereocenters. The molecule has 8 heteroatoms. The second kappa shape index (κ2) is 7.41. The summed E-state index contributed by atoms with van der Waals surface area (Å²) in [6.07, 6.45) is 0.803. The highest BCUT2D eigenvalue weighted by Crippen LogP contribution is 2.25. The van der Waals surface area contributed by atoms with E-state index in [0.717, 1.165) is 19.2 Å². The standard InChI is InChI=1S/C13H16F2N2O4/c1-3-4-10(12(18)19)17-13(20)16-7-5-8(14)11(21-2)9(15)6-7/h5-6,10H,3-4H2,1-2H3,(H,18,19)(H2,16,17,20). The maximum absolute atomic E-state index is 13.4. The van der Waals surface area contributed by atoms with Crippen LogP contribution in [0.25, 0.3) is 0 Å². The van der Waals surface area contributed by atoms with E-state index in [-0.39, 0.29) is 12.1 Å². The average molecular weight is 302 g/mol. The molecule has 0 bridgehead atoms. The molecular formula is C13H16F2N2O4. The number of nitrogens with one attached hydrogen (secondary N) is 2. The number of carboxylic acids is 1. The fourth-order valence-corrected chi connectivity index (χ4v) is 1.70. The molecule has 2 amide bonds. The predicted molar refractivity (Wildman–Crippen MR) is 71.4 cm³/mol. The van der Waals surface area contributed by atoms with Crippen LogP contribution in [0.5, 0.6) is 5.75 Å². The van der Waals surface area contributed by atoms with Crippen molar-refractivity contribution in [1.82, 2.24) is 5.32 Å². The van der Waals surface area contributed by atoms with Crippen LogP contribution in [0, 0.1) is 11.6 Å². The number of rotatable bonds is 6. The summed E-state index contributed by atoms with van der Waals surface area (Å²) in [7, 11) is 1.11. The zero-order valence-electron chi connectivity index (χ0n) is 11.6. The second-order valence-corrected chi connectivity index (χ2v) is 4.25. The summed E-state index contributed by atoms with van der Waals surface area (Å²) in [6, 6.07) is -0.184. The van der Waals surface area contributed by atoms with Crippen LogP contribution in [0.2, 0.25) is 0 Å². The van der Waals surface area contributed by atoms with Crippen LogP contribution in [-0.4, -0.2) is 30.3 Å². The highest BCUT2D eigenvalue weighted by Gasteiger charge is 2.19.